The number of hydrogen-bond donors (Lipinski definition) is 0. The highest BCUT2D eigenvalue weighted by Crippen LogP contribution is 2.11. The molecule has 5 heteroatoms. The highest BCUT2D eigenvalue weighted by molar-refractivity contribution is 5.82. The van der Waals surface area contributed by atoms with Gasteiger partial charge in [-0.2, -0.15) is 0 Å². The average Bonchev–Trinajstić information content (AvgIpc) is 2.55. The highest BCUT2D eigenvalue weighted by Gasteiger charge is 2.13. The predicted molar refractivity (Wildman–Crippen MR) is 91.1 cm³/mol. The monoisotopic (exact) mass is 325 g/mol. The van der Waals surface area contributed by atoms with Gasteiger partial charge < -0.3 is 9.68 Å². The largest absolute Gasteiger partial charge is 0.352 e. The van der Waals surface area contributed by atoms with Crippen LogP contribution >= 0.6 is 0 Å². The van der Waals surface area contributed by atoms with E-state index in [1.807, 2.05) is 0 Å². The van der Waals surface area contributed by atoms with Gasteiger partial charge in [0, 0.05) is 17.4 Å². The fraction of sp³-hybridized carbons (Fsp3) is 0.667. The molecular weight excluding hydrogens is 294 g/mol. The fourth-order valence-corrected chi connectivity index (χ4v) is 2.11. The van der Waals surface area contributed by atoms with Crippen molar-refractivity contribution >= 4 is 11.9 Å². The smallest absolute Gasteiger partial charge is 0.329 e. The van der Waals surface area contributed by atoms with Gasteiger partial charge in [0.2, 0.25) is 0 Å². The van der Waals surface area contributed by atoms with Crippen molar-refractivity contribution in [3.8, 4) is 0 Å². The summed E-state index contributed by atoms with van der Waals surface area (Å²) in [6.45, 7) is 9.18. The van der Waals surface area contributed by atoms with Crippen LogP contribution in [-0.4, -0.2) is 23.7 Å². The van der Waals surface area contributed by atoms with Crippen LogP contribution in [0.25, 0.3) is 0 Å². The first-order valence-electron chi connectivity index (χ1n) is 8.60. The fourth-order valence-electron chi connectivity index (χ4n) is 2.11. The van der Waals surface area contributed by atoms with E-state index in [0.717, 1.165) is 36.6 Å². The Bertz CT molecular complexity index is 333. The van der Waals surface area contributed by atoms with Gasteiger partial charge in [-0.3, -0.25) is 0 Å². The molecule has 0 aliphatic rings. The average molecular weight is 325 g/mol. The predicted octanol–water partition coefficient (Wildman–Crippen LogP) is 4.50. The zero-order valence-corrected chi connectivity index (χ0v) is 14.4. The molecule has 0 fully saturated rings. The van der Waals surface area contributed by atoms with Crippen LogP contribution in [0.3, 0.4) is 0 Å². The maximum atomic E-state index is 11.2. The summed E-state index contributed by atoms with van der Waals surface area (Å²) in [5, 5.41) is 0.902. The molecule has 132 valence electrons. The molecule has 0 spiro atoms. The number of rotatable bonds is 15. The van der Waals surface area contributed by atoms with E-state index < -0.39 is 11.9 Å². The van der Waals surface area contributed by atoms with E-state index >= 15 is 0 Å². The normalized spacial score (nSPS) is 10.3. The molecule has 0 radical (unpaired) electrons. The van der Waals surface area contributed by atoms with Gasteiger partial charge in [-0.1, -0.05) is 77.9 Å². The van der Waals surface area contributed by atoms with Crippen LogP contribution in [0, 0.1) is 0 Å². The summed E-state index contributed by atoms with van der Waals surface area (Å²) in [5.41, 5.74) is 0. The van der Waals surface area contributed by atoms with Crippen LogP contribution in [-0.2, 0) is 19.3 Å². The Kier molecular flexibility index (Phi) is 14.2. The third-order valence-electron chi connectivity index (χ3n) is 3.41. The van der Waals surface area contributed by atoms with Crippen molar-refractivity contribution in [3.63, 3.8) is 0 Å². The lowest BCUT2D eigenvalue weighted by Gasteiger charge is -2.17. The Balaban J connectivity index is 3.73. The lowest BCUT2D eigenvalue weighted by atomic mass is 10.1. The van der Waals surface area contributed by atoms with Gasteiger partial charge >= 0.3 is 11.9 Å². The van der Waals surface area contributed by atoms with Crippen LogP contribution in [0.4, 0.5) is 0 Å². The molecule has 0 aromatic rings. The van der Waals surface area contributed by atoms with Gasteiger partial charge in [0.15, 0.2) is 0 Å². The van der Waals surface area contributed by atoms with Crippen molar-refractivity contribution in [2.24, 2.45) is 0 Å². The van der Waals surface area contributed by atoms with E-state index in [0.29, 0.717) is 6.54 Å². The summed E-state index contributed by atoms with van der Waals surface area (Å²) >= 11 is 0. The molecule has 23 heavy (non-hydrogen) atoms. The van der Waals surface area contributed by atoms with E-state index in [1.165, 1.54) is 44.9 Å². The van der Waals surface area contributed by atoms with Crippen LogP contribution < -0.4 is 0 Å². The first-order valence-corrected chi connectivity index (χ1v) is 8.60. The Labute approximate surface area is 140 Å². The van der Waals surface area contributed by atoms with Gasteiger partial charge in [-0.05, 0) is 6.42 Å². The number of hydroxylamine groups is 2. The molecule has 0 N–H and O–H groups in total. The molecule has 0 saturated carbocycles. The van der Waals surface area contributed by atoms with Crippen molar-refractivity contribution in [2.75, 3.05) is 6.54 Å². The van der Waals surface area contributed by atoms with E-state index in [-0.39, 0.29) is 0 Å². The third-order valence-corrected chi connectivity index (χ3v) is 3.41. The van der Waals surface area contributed by atoms with E-state index in [9.17, 15) is 9.59 Å². The van der Waals surface area contributed by atoms with Crippen LogP contribution in [0.1, 0.15) is 71.1 Å². The summed E-state index contributed by atoms with van der Waals surface area (Å²) in [7, 11) is 0. The molecule has 0 bridgehead atoms. The van der Waals surface area contributed by atoms with Crippen molar-refractivity contribution in [2.45, 2.75) is 71.1 Å². The second-order valence-corrected chi connectivity index (χ2v) is 5.47. The van der Waals surface area contributed by atoms with Crippen molar-refractivity contribution in [3.05, 3.63) is 25.3 Å². The van der Waals surface area contributed by atoms with Gasteiger partial charge in [0.25, 0.3) is 0 Å². The van der Waals surface area contributed by atoms with Gasteiger partial charge in [0.05, 0.1) is 6.54 Å². The third kappa shape index (κ3) is 13.7. The molecule has 5 nitrogen and oxygen atoms in total. The number of nitrogens with zero attached hydrogens (tertiary/aromatic N) is 1. The SMILES string of the molecule is C=CC(=O)ON(CCCCCCCCCCCC)OC(=O)C=C. The molecule has 0 aliphatic heterocycles. The van der Waals surface area contributed by atoms with Crippen LogP contribution in [0.5, 0.6) is 0 Å². The van der Waals surface area contributed by atoms with Gasteiger partial charge in [-0.15, -0.1) is 0 Å². The van der Waals surface area contributed by atoms with Gasteiger partial charge in [0.1, 0.15) is 0 Å². The zero-order valence-electron chi connectivity index (χ0n) is 14.4. The van der Waals surface area contributed by atoms with E-state index in [2.05, 4.69) is 20.1 Å². The molecule has 0 unspecified atom stereocenters. The summed E-state index contributed by atoms with van der Waals surface area (Å²) < 4.78 is 0. The Morgan fingerprint density at radius 2 is 1.17 bits per heavy atom. The minimum Gasteiger partial charge on any atom is -0.329 e. The van der Waals surface area contributed by atoms with Crippen molar-refractivity contribution < 1.29 is 19.3 Å². The Morgan fingerprint density at radius 1 is 0.783 bits per heavy atom. The Hall–Kier alpha value is -1.62. The molecule has 0 aromatic heterocycles. The molecule has 0 aromatic carbocycles. The van der Waals surface area contributed by atoms with Crippen molar-refractivity contribution in [1.29, 1.82) is 0 Å². The molecular formula is C18H31NO4. The minimum atomic E-state index is -0.658. The molecule has 0 amide bonds. The zero-order chi connectivity index (χ0) is 17.3. The van der Waals surface area contributed by atoms with E-state index in [1.54, 1.807) is 0 Å². The molecule has 0 saturated heterocycles. The molecule has 0 heterocycles. The number of carbonyl (C=O) groups is 2. The summed E-state index contributed by atoms with van der Waals surface area (Å²) in [6, 6.07) is 0. The maximum absolute atomic E-state index is 11.2. The topological polar surface area (TPSA) is 55.8 Å². The molecule has 0 rings (SSSR count). The second-order valence-electron chi connectivity index (χ2n) is 5.47. The first kappa shape index (κ1) is 21.4. The van der Waals surface area contributed by atoms with E-state index in [4.69, 9.17) is 9.68 Å². The number of carbonyl (C=O) groups excluding carboxylic acids is 2. The molecule has 0 atom stereocenters. The quantitative estimate of drug-likeness (QED) is 0.252. The second kappa shape index (κ2) is 15.3. The number of unbranched alkanes of at least 4 members (excludes halogenated alkanes) is 9. The summed E-state index contributed by atoms with van der Waals surface area (Å²) in [6.07, 6.45) is 14.0. The number of hydrogen-bond acceptors (Lipinski definition) is 5. The van der Waals surface area contributed by atoms with Crippen molar-refractivity contribution in [1.82, 2.24) is 5.23 Å². The minimum absolute atomic E-state index is 0.343. The van der Waals surface area contributed by atoms with Gasteiger partial charge in [-0.25, -0.2) is 9.59 Å². The summed E-state index contributed by atoms with van der Waals surface area (Å²) in [5.74, 6) is -1.32. The maximum Gasteiger partial charge on any atom is 0.352 e. The lowest BCUT2D eigenvalue weighted by Crippen LogP contribution is -2.30. The molecule has 0 aliphatic carbocycles. The Morgan fingerprint density at radius 3 is 1.57 bits per heavy atom. The summed E-state index contributed by atoms with van der Waals surface area (Å²) in [4.78, 5) is 32.0. The standard InChI is InChI=1S/C18H31NO4/c1-4-7-8-9-10-11-12-13-14-15-16-19(22-17(20)5-2)23-18(21)6-3/h5-6H,2-4,7-16H2,1H3. The van der Waals surface area contributed by atoms with Crippen LogP contribution in [0.15, 0.2) is 25.3 Å². The van der Waals surface area contributed by atoms with Crippen LogP contribution in [0.2, 0.25) is 0 Å². The lowest BCUT2D eigenvalue weighted by molar-refractivity contribution is -0.320. The first-order chi connectivity index (χ1) is 11.1. The highest BCUT2D eigenvalue weighted by atomic mass is 17.0.